The van der Waals surface area contributed by atoms with E-state index >= 15 is 0 Å². The SMILES string of the molecule is Cc1cc(-c2nc3cccnc3s2)ccc1NC(=O)c1cc(-c2ccccc2)n[nH]1. The number of carbonyl (C=O) groups excluding carboxylic acids is 1. The number of nitrogens with zero attached hydrogens (tertiary/aromatic N) is 3. The summed E-state index contributed by atoms with van der Waals surface area (Å²) in [6, 6.07) is 21.2. The molecule has 0 unspecified atom stereocenters. The molecule has 2 aromatic carbocycles. The third-order valence-electron chi connectivity index (χ3n) is 4.78. The number of H-pyrrole nitrogens is 1. The molecule has 1 amide bonds. The van der Waals surface area contributed by atoms with E-state index in [9.17, 15) is 4.79 Å². The van der Waals surface area contributed by atoms with Crippen LogP contribution in [0.2, 0.25) is 0 Å². The maximum atomic E-state index is 12.7. The molecule has 0 aliphatic rings. The van der Waals surface area contributed by atoms with Gasteiger partial charge in [-0.15, -0.1) is 0 Å². The summed E-state index contributed by atoms with van der Waals surface area (Å²) in [5.74, 6) is -0.232. The van der Waals surface area contributed by atoms with Gasteiger partial charge in [0.15, 0.2) is 0 Å². The Morgan fingerprint density at radius 2 is 1.87 bits per heavy atom. The van der Waals surface area contributed by atoms with Crippen molar-refractivity contribution >= 4 is 33.3 Å². The summed E-state index contributed by atoms with van der Waals surface area (Å²) in [5.41, 5.74) is 5.70. The molecule has 146 valence electrons. The molecule has 6 nitrogen and oxygen atoms in total. The number of rotatable bonds is 4. The molecule has 0 aliphatic heterocycles. The molecular weight excluding hydrogens is 394 g/mol. The average molecular weight is 411 g/mol. The normalized spacial score (nSPS) is 11.0. The van der Waals surface area contributed by atoms with E-state index < -0.39 is 0 Å². The van der Waals surface area contributed by atoms with Crippen LogP contribution >= 0.6 is 11.3 Å². The fraction of sp³-hybridized carbons (Fsp3) is 0.0435. The number of hydrogen-bond donors (Lipinski definition) is 2. The summed E-state index contributed by atoms with van der Waals surface area (Å²) in [7, 11) is 0. The molecule has 5 aromatic rings. The smallest absolute Gasteiger partial charge is 0.273 e. The molecule has 5 rings (SSSR count). The van der Waals surface area contributed by atoms with Crippen molar-refractivity contribution in [2.24, 2.45) is 0 Å². The molecule has 0 atom stereocenters. The molecule has 0 aliphatic carbocycles. The summed E-state index contributed by atoms with van der Waals surface area (Å²) >= 11 is 1.55. The van der Waals surface area contributed by atoms with Crippen molar-refractivity contribution in [3.63, 3.8) is 0 Å². The van der Waals surface area contributed by atoms with Crippen LogP contribution in [0.3, 0.4) is 0 Å². The zero-order valence-electron chi connectivity index (χ0n) is 16.1. The number of anilines is 1. The van der Waals surface area contributed by atoms with Crippen LogP contribution in [-0.4, -0.2) is 26.1 Å². The Kier molecular flexibility index (Phi) is 4.57. The molecule has 0 fully saturated rings. The van der Waals surface area contributed by atoms with Gasteiger partial charge in [0.1, 0.15) is 21.0 Å². The van der Waals surface area contributed by atoms with Crippen LogP contribution in [0.4, 0.5) is 5.69 Å². The molecule has 7 heteroatoms. The Balaban J connectivity index is 1.36. The van der Waals surface area contributed by atoms with E-state index in [-0.39, 0.29) is 5.91 Å². The predicted octanol–water partition coefficient (Wildman–Crippen LogP) is 5.31. The van der Waals surface area contributed by atoms with Crippen molar-refractivity contribution in [3.8, 4) is 21.8 Å². The molecule has 0 saturated heterocycles. The molecular formula is C23H17N5OS. The Morgan fingerprint density at radius 1 is 1.00 bits per heavy atom. The van der Waals surface area contributed by atoms with E-state index in [4.69, 9.17) is 0 Å². The van der Waals surface area contributed by atoms with Gasteiger partial charge in [-0.2, -0.15) is 5.10 Å². The largest absolute Gasteiger partial charge is 0.320 e. The maximum Gasteiger partial charge on any atom is 0.273 e. The molecule has 0 spiro atoms. The second-order valence-electron chi connectivity index (χ2n) is 6.86. The van der Waals surface area contributed by atoms with Gasteiger partial charge in [-0.25, -0.2) is 9.97 Å². The summed E-state index contributed by atoms with van der Waals surface area (Å²) in [6.45, 7) is 1.97. The number of thiazole rings is 1. The van der Waals surface area contributed by atoms with Crippen LogP contribution in [-0.2, 0) is 0 Å². The number of hydrogen-bond acceptors (Lipinski definition) is 5. The number of aryl methyl sites for hydroxylation is 1. The van der Waals surface area contributed by atoms with Crippen molar-refractivity contribution < 1.29 is 4.79 Å². The molecule has 0 radical (unpaired) electrons. The number of benzene rings is 2. The Hall–Kier alpha value is -3.84. The quantitative estimate of drug-likeness (QED) is 0.420. The number of aromatic amines is 1. The van der Waals surface area contributed by atoms with Crippen LogP contribution in [0.1, 0.15) is 16.1 Å². The summed E-state index contributed by atoms with van der Waals surface area (Å²) < 4.78 is 0. The number of aromatic nitrogens is 4. The third kappa shape index (κ3) is 3.46. The monoisotopic (exact) mass is 411 g/mol. The van der Waals surface area contributed by atoms with Crippen LogP contribution in [0.5, 0.6) is 0 Å². The molecule has 3 heterocycles. The van der Waals surface area contributed by atoms with E-state index in [0.717, 1.165) is 43.4 Å². The van der Waals surface area contributed by atoms with Crippen molar-refractivity contribution in [2.45, 2.75) is 6.92 Å². The summed E-state index contributed by atoms with van der Waals surface area (Å²) in [6.07, 6.45) is 1.77. The van der Waals surface area contributed by atoms with E-state index in [0.29, 0.717) is 5.69 Å². The fourth-order valence-electron chi connectivity index (χ4n) is 3.21. The Labute approximate surface area is 176 Å². The first-order valence-electron chi connectivity index (χ1n) is 9.42. The topological polar surface area (TPSA) is 83.6 Å². The van der Waals surface area contributed by atoms with E-state index in [1.165, 1.54) is 0 Å². The highest BCUT2D eigenvalue weighted by Crippen LogP contribution is 2.31. The second kappa shape index (κ2) is 7.53. The number of amides is 1. The zero-order valence-corrected chi connectivity index (χ0v) is 16.9. The third-order valence-corrected chi connectivity index (χ3v) is 5.81. The standard InChI is InChI=1S/C23H17N5OS/c1-14-12-16(22-26-18-8-5-11-24-23(18)30-22)9-10-17(14)25-21(29)20-13-19(27-28-20)15-6-3-2-4-7-15/h2-13H,1H3,(H,25,29)(H,27,28). The summed E-state index contributed by atoms with van der Waals surface area (Å²) in [4.78, 5) is 22.6. The van der Waals surface area contributed by atoms with E-state index in [2.05, 4.69) is 25.5 Å². The van der Waals surface area contributed by atoms with Gasteiger partial charge in [0, 0.05) is 23.0 Å². The minimum Gasteiger partial charge on any atom is -0.320 e. The lowest BCUT2D eigenvalue weighted by molar-refractivity contribution is 0.102. The highest BCUT2D eigenvalue weighted by Gasteiger charge is 2.14. The van der Waals surface area contributed by atoms with Crippen molar-refractivity contribution in [1.82, 2.24) is 20.2 Å². The lowest BCUT2D eigenvalue weighted by Crippen LogP contribution is -2.13. The lowest BCUT2D eigenvalue weighted by atomic mass is 10.1. The molecule has 0 bridgehead atoms. The van der Waals surface area contributed by atoms with Crippen LogP contribution in [0, 0.1) is 6.92 Å². The maximum absolute atomic E-state index is 12.7. The summed E-state index contributed by atoms with van der Waals surface area (Å²) in [5, 5.41) is 10.9. The van der Waals surface area contributed by atoms with Gasteiger partial charge in [-0.05, 0) is 48.9 Å². The predicted molar refractivity (Wildman–Crippen MR) is 120 cm³/mol. The van der Waals surface area contributed by atoms with Gasteiger partial charge in [0.25, 0.3) is 5.91 Å². The van der Waals surface area contributed by atoms with Crippen LogP contribution in [0.25, 0.3) is 32.2 Å². The first-order chi connectivity index (χ1) is 14.7. The second-order valence-corrected chi connectivity index (χ2v) is 7.84. The zero-order chi connectivity index (χ0) is 20.5. The van der Waals surface area contributed by atoms with Gasteiger partial charge in [-0.3, -0.25) is 9.89 Å². The van der Waals surface area contributed by atoms with Crippen molar-refractivity contribution in [3.05, 3.63) is 84.2 Å². The number of nitrogens with one attached hydrogen (secondary N) is 2. The Bertz CT molecular complexity index is 1320. The van der Waals surface area contributed by atoms with Gasteiger partial charge >= 0.3 is 0 Å². The van der Waals surface area contributed by atoms with Crippen LogP contribution < -0.4 is 5.32 Å². The minimum atomic E-state index is -0.232. The van der Waals surface area contributed by atoms with Gasteiger partial charge in [0.05, 0.1) is 5.69 Å². The van der Waals surface area contributed by atoms with E-state index in [1.807, 2.05) is 67.6 Å². The molecule has 2 N–H and O–H groups in total. The highest BCUT2D eigenvalue weighted by molar-refractivity contribution is 7.21. The molecule has 30 heavy (non-hydrogen) atoms. The number of carbonyl (C=O) groups is 1. The highest BCUT2D eigenvalue weighted by atomic mass is 32.1. The average Bonchev–Trinajstić information content (AvgIpc) is 3.43. The van der Waals surface area contributed by atoms with Crippen molar-refractivity contribution in [2.75, 3.05) is 5.32 Å². The number of fused-ring (bicyclic) bond motifs is 1. The van der Waals surface area contributed by atoms with Gasteiger partial charge in [0.2, 0.25) is 0 Å². The fourth-order valence-corrected chi connectivity index (χ4v) is 4.12. The molecule has 0 saturated carbocycles. The molecule has 3 aromatic heterocycles. The number of pyridine rings is 1. The lowest BCUT2D eigenvalue weighted by Gasteiger charge is -2.08. The Morgan fingerprint density at radius 3 is 2.67 bits per heavy atom. The van der Waals surface area contributed by atoms with Crippen LogP contribution in [0.15, 0.2) is 72.9 Å². The van der Waals surface area contributed by atoms with Gasteiger partial charge in [-0.1, -0.05) is 41.7 Å². The van der Waals surface area contributed by atoms with E-state index in [1.54, 1.807) is 23.6 Å². The first-order valence-corrected chi connectivity index (χ1v) is 10.2. The first kappa shape index (κ1) is 18.2. The minimum absolute atomic E-state index is 0.232. The van der Waals surface area contributed by atoms with Gasteiger partial charge < -0.3 is 5.32 Å². The van der Waals surface area contributed by atoms with Crippen molar-refractivity contribution in [1.29, 1.82) is 0 Å².